The molecule has 1 amide bonds. The van der Waals surface area contributed by atoms with Gasteiger partial charge in [0.2, 0.25) is 5.91 Å². The molecule has 214 valence electrons. The van der Waals surface area contributed by atoms with Crippen LogP contribution in [0.2, 0.25) is 0 Å². The minimum Gasteiger partial charge on any atom is -0.496 e. The van der Waals surface area contributed by atoms with Crippen molar-refractivity contribution < 1.29 is 19.1 Å². The zero-order valence-corrected chi connectivity index (χ0v) is 24.2. The largest absolute Gasteiger partial charge is 0.496 e. The molecule has 5 rings (SSSR count). The number of hydrogen-bond donors (Lipinski definition) is 2. The van der Waals surface area contributed by atoms with Gasteiger partial charge in [0, 0.05) is 29.5 Å². The molecular formula is C33H43N3O4. The summed E-state index contributed by atoms with van der Waals surface area (Å²) in [6.07, 6.45) is 10.6. The molecule has 7 heteroatoms. The predicted octanol–water partition coefficient (Wildman–Crippen LogP) is 6.86. The molecule has 40 heavy (non-hydrogen) atoms. The Labute approximate surface area is 237 Å². The average molecular weight is 546 g/mol. The number of aromatic nitrogens is 2. The van der Waals surface area contributed by atoms with E-state index in [2.05, 4.69) is 36.3 Å². The molecule has 0 spiro atoms. The van der Waals surface area contributed by atoms with Gasteiger partial charge in [-0.15, -0.1) is 0 Å². The Morgan fingerprint density at radius 3 is 2.58 bits per heavy atom. The van der Waals surface area contributed by atoms with E-state index >= 15 is 0 Å². The fraction of sp³-hybridized carbons (Fsp3) is 0.545. The summed E-state index contributed by atoms with van der Waals surface area (Å²) in [5.41, 5.74) is 4.70. The maximum absolute atomic E-state index is 13.5. The van der Waals surface area contributed by atoms with Crippen LogP contribution in [0.1, 0.15) is 106 Å². The van der Waals surface area contributed by atoms with E-state index in [9.17, 15) is 9.90 Å². The van der Waals surface area contributed by atoms with Crippen molar-refractivity contribution in [3.63, 3.8) is 0 Å². The lowest BCUT2D eigenvalue weighted by molar-refractivity contribution is -0.127. The van der Waals surface area contributed by atoms with Gasteiger partial charge < -0.3 is 19.6 Å². The number of nitrogens with zero attached hydrogens (tertiary/aromatic N) is 2. The Balaban J connectivity index is 1.40. The SMILES string of the molecule is COc1ccc(C2CCC(C(NC(=O)C3CCCCC3)c3cc(-c4coc(C(C)C)n4)ccn3)CC2O)cc1C. The number of aliphatic hydroxyl groups is 1. The summed E-state index contributed by atoms with van der Waals surface area (Å²) < 4.78 is 11.1. The van der Waals surface area contributed by atoms with Crippen LogP contribution in [0.3, 0.4) is 0 Å². The van der Waals surface area contributed by atoms with Gasteiger partial charge in [0.15, 0.2) is 5.89 Å². The van der Waals surface area contributed by atoms with Gasteiger partial charge in [0.1, 0.15) is 17.7 Å². The third-order valence-corrected chi connectivity index (χ3v) is 8.86. The normalized spacial score (nSPS) is 22.7. The van der Waals surface area contributed by atoms with E-state index in [1.165, 1.54) is 6.42 Å². The number of carbonyl (C=O) groups is 1. The zero-order chi connectivity index (χ0) is 28.2. The quantitative estimate of drug-likeness (QED) is 0.321. The second-order valence-corrected chi connectivity index (χ2v) is 12.0. The lowest BCUT2D eigenvalue weighted by atomic mass is 9.73. The van der Waals surface area contributed by atoms with E-state index in [-0.39, 0.29) is 35.6 Å². The van der Waals surface area contributed by atoms with Crippen LogP contribution in [0.25, 0.3) is 11.3 Å². The van der Waals surface area contributed by atoms with Crippen LogP contribution in [0.15, 0.2) is 47.2 Å². The monoisotopic (exact) mass is 545 g/mol. The molecule has 2 N–H and O–H groups in total. The molecule has 2 aromatic heterocycles. The predicted molar refractivity (Wildman–Crippen MR) is 155 cm³/mol. The molecule has 0 radical (unpaired) electrons. The summed E-state index contributed by atoms with van der Waals surface area (Å²) in [4.78, 5) is 22.9. The molecule has 2 fully saturated rings. The van der Waals surface area contributed by atoms with Crippen molar-refractivity contribution in [3.8, 4) is 17.0 Å². The Hall–Kier alpha value is -3.19. The number of oxazole rings is 1. The van der Waals surface area contributed by atoms with Crippen molar-refractivity contribution in [1.29, 1.82) is 0 Å². The minimum absolute atomic E-state index is 0.0482. The molecule has 0 aliphatic heterocycles. The summed E-state index contributed by atoms with van der Waals surface area (Å²) in [5.74, 6) is 2.05. The highest BCUT2D eigenvalue weighted by Gasteiger charge is 2.37. The number of aryl methyl sites for hydroxylation is 1. The first-order valence-electron chi connectivity index (χ1n) is 14.9. The van der Waals surface area contributed by atoms with Crippen molar-refractivity contribution in [2.24, 2.45) is 11.8 Å². The number of carbonyl (C=O) groups excluding carboxylic acids is 1. The summed E-state index contributed by atoms with van der Waals surface area (Å²) in [6.45, 7) is 6.15. The van der Waals surface area contributed by atoms with Crippen LogP contribution in [0.4, 0.5) is 0 Å². The number of nitrogens with one attached hydrogen (secondary N) is 1. The Morgan fingerprint density at radius 2 is 1.90 bits per heavy atom. The Kier molecular flexibility index (Phi) is 8.89. The highest BCUT2D eigenvalue weighted by Crippen LogP contribution is 2.42. The first-order chi connectivity index (χ1) is 19.3. The molecule has 2 aliphatic rings. The number of ether oxygens (including phenoxy) is 1. The zero-order valence-electron chi connectivity index (χ0n) is 24.2. The fourth-order valence-electron chi connectivity index (χ4n) is 6.53. The minimum atomic E-state index is -0.507. The molecule has 1 aromatic carbocycles. The smallest absolute Gasteiger partial charge is 0.223 e. The molecular weight excluding hydrogens is 502 g/mol. The Morgan fingerprint density at radius 1 is 1.10 bits per heavy atom. The summed E-state index contributed by atoms with van der Waals surface area (Å²) in [5, 5.41) is 14.8. The molecule has 4 atom stereocenters. The van der Waals surface area contributed by atoms with E-state index in [1.807, 2.05) is 25.1 Å². The number of amides is 1. The number of hydrogen-bond acceptors (Lipinski definition) is 6. The first kappa shape index (κ1) is 28.3. The van der Waals surface area contributed by atoms with E-state index in [0.29, 0.717) is 12.3 Å². The van der Waals surface area contributed by atoms with E-state index in [4.69, 9.17) is 14.1 Å². The number of methoxy groups -OCH3 is 1. The van der Waals surface area contributed by atoms with Crippen LogP contribution in [0, 0.1) is 18.8 Å². The van der Waals surface area contributed by atoms with E-state index < -0.39 is 6.10 Å². The van der Waals surface area contributed by atoms with Crippen LogP contribution < -0.4 is 10.1 Å². The van der Waals surface area contributed by atoms with Crippen LogP contribution in [-0.2, 0) is 4.79 Å². The molecule has 2 heterocycles. The van der Waals surface area contributed by atoms with Crippen LogP contribution in [-0.4, -0.2) is 34.2 Å². The lowest BCUT2D eigenvalue weighted by Gasteiger charge is -2.38. The van der Waals surface area contributed by atoms with Gasteiger partial charge in [-0.1, -0.05) is 45.2 Å². The van der Waals surface area contributed by atoms with Crippen molar-refractivity contribution in [2.75, 3.05) is 7.11 Å². The summed E-state index contributed by atoms with van der Waals surface area (Å²) in [7, 11) is 1.68. The van der Waals surface area contributed by atoms with Crippen molar-refractivity contribution >= 4 is 5.91 Å². The maximum atomic E-state index is 13.5. The second kappa shape index (κ2) is 12.5. The van der Waals surface area contributed by atoms with Gasteiger partial charge in [-0.05, 0) is 74.3 Å². The van der Waals surface area contributed by atoms with Crippen LogP contribution >= 0.6 is 0 Å². The summed E-state index contributed by atoms with van der Waals surface area (Å²) in [6, 6.07) is 9.86. The van der Waals surface area contributed by atoms with E-state index in [1.54, 1.807) is 19.6 Å². The van der Waals surface area contributed by atoms with Gasteiger partial charge in [0.05, 0.1) is 24.9 Å². The third kappa shape index (κ3) is 6.25. The molecule has 0 bridgehead atoms. The molecule has 3 aromatic rings. The molecule has 2 aliphatic carbocycles. The second-order valence-electron chi connectivity index (χ2n) is 12.0. The van der Waals surface area contributed by atoms with Gasteiger partial charge in [-0.3, -0.25) is 9.78 Å². The van der Waals surface area contributed by atoms with Gasteiger partial charge in [-0.25, -0.2) is 4.98 Å². The highest BCUT2D eigenvalue weighted by molar-refractivity contribution is 5.79. The van der Waals surface area contributed by atoms with Crippen molar-refractivity contribution in [3.05, 3.63) is 65.5 Å². The standard InChI is InChI=1S/C33H43N3O4/c1-20(2)33-35-28(19-40-33)24-14-15-34-27(17-24)31(36-32(38)22-8-6-5-7-9-22)25-10-12-26(29(37)18-25)23-11-13-30(39-4)21(3)16-23/h11,13-17,19-20,22,25-26,29,31,37H,5-10,12,18H2,1-4H3,(H,36,38). The number of aliphatic hydroxyl groups excluding tert-OH is 1. The maximum Gasteiger partial charge on any atom is 0.223 e. The molecule has 2 saturated carbocycles. The Bertz CT molecular complexity index is 1300. The number of pyridine rings is 1. The van der Waals surface area contributed by atoms with Gasteiger partial charge in [-0.2, -0.15) is 0 Å². The fourth-order valence-corrected chi connectivity index (χ4v) is 6.53. The number of rotatable bonds is 8. The van der Waals surface area contributed by atoms with Crippen molar-refractivity contribution in [1.82, 2.24) is 15.3 Å². The number of benzene rings is 1. The van der Waals surface area contributed by atoms with Gasteiger partial charge in [0.25, 0.3) is 0 Å². The summed E-state index contributed by atoms with van der Waals surface area (Å²) >= 11 is 0. The van der Waals surface area contributed by atoms with Gasteiger partial charge >= 0.3 is 0 Å². The first-order valence-corrected chi connectivity index (χ1v) is 14.9. The molecule has 4 unspecified atom stereocenters. The molecule has 7 nitrogen and oxygen atoms in total. The lowest BCUT2D eigenvalue weighted by Crippen LogP contribution is -2.41. The van der Waals surface area contributed by atoms with E-state index in [0.717, 1.165) is 72.4 Å². The average Bonchev–Trinajstić information content (AvgIpc) is 3.47. The van der Waals surface area contributed by atoms with Crippen LogP contribution in [0.5, 0.6) is 5.75 Å². The molecule has 0 saturated heterocycles. The van der Waals surface area contributed by atoms with Crippen molar-refractivity contribution in [2.45, 2.75) is 96.1 Å². The topological polar surface area (TPSA) is 97.5 Å². The third-order valence-electron chi connectivity index (χ3n) is 8.86. The highest BCUT2D eigenvalue weighted by atomic mass is 16.5.